The molecule has 1 heterocycles. The number of hydrogen-bond donors (Lipinski definition) is 2. The molecule has 1 rings (SSSR count). The van der Waals surface area contributed by atoms with E-state index >= 15 is 0 Å². The van der Waals surface area contributed by atoms with Crippen LogP contribution in [0.15, 0.2) is 0 Å². The van der Waals surface area contributed by atoms with E-state index in [2.05, 4.69) is 12.2 Å². The molecule has 22 heavy (non-hydrogen) atoms. The third-order valence-corrected chi connectivity index (χ3v) is 4.30. The predicted octanol–water partition coefficient (Wildman–Crippen LogP) is 0.895. The fourth-order valence-electron chi connectivity index (χ4n) is 2.71. The fraction of sp³-hybridized carbons (Fsp3) is 0.875. The van der Waals surface area contributed by atoms with Crippen molar-refractivity contribution in [2.45, 2.75) is 51.6 Å². The van der Waals surface area contributed by atoms with Gasteiger partial charge in [0.1, 0.15) is 0 Å². The summed E-state index contributed by atoms with van der Waals surface area (Å²) in [6.07, 6.45) is 4.93. The molecule has 0 aliphatic carbocycles. The smallest absolute Gasteiger partial charge is 0.225 e. The average Bonchev–Trinajstić information content (AvgIpc) is 2.56. The second-order valence-electron chi connectivity index (χ2n) is 5.95. The first-order chi connectivity index (χ1) is 10.6. The Labute approximate surface area is 133 Å². The number of unbranched alkanes of at least 4 members (excludes halogenated alkanes) is 2. The molecular formula is C16H31N3O3. The summed E-state index contributed by atoms with van der Waals surface area (Å²) in [6, 6.07) is 0. The van der Waals surface area contributed by atoms with Crippen molar-refractivity contribution in [1.82, 2.24) is 10.2 Å². The van der Waals surface area contributed by atoms with Crippen LogP contribution in [-0.2, 0) is 14.3 Å². The van der Waals surface area contributed by atoms with E-state index in [4.69, 9.17) is 10.5 Å². The molecule has 1 fully saturated rings. The Balaban J connectivity index is 2.27. The molecule has 3 N–H and O–H groups in total. The monoisotopic (exact) mass is 313 g/mol. The number of nitrogens with two attached hydrogens (primary N) is 1. The van der Waals surface area contributed by atoms with Gasteiger partial charge < -0.3 is 20.7 Å². The molecule has 1 saturated heterocycles. The first-order valence-electron chi connectivity index (χ1n) is 8.40. The van der Waals surface area contributed by atoms with Crippen LogP contribution in [0.25, 0.3) is 0 Å². The Hall–Kier alpha value is -1.14. The maximum absolute atomic E-state index is 12.1. The molecule has 0 spiro atoms. The molecule has 6 heteroatoms. The maximum Gasteiger partial charge on any atom is 0.225 e. The summed E-state index contributed by atoms with van der Waals surface area (Å²) in [7, 11) is 1.57. The molecule has 6 nitrogen and oxygen atoms in total. The summed E-state index contributed by atoms with van der Waals surface area (Å²) >= 11 is 0. The fourth-order valence-corrected chi connectivity index (χ4v) is 2.71. The molecule has 0 aromatic heterocycles. The number of hydrogen-bond acceptors (Lipinski definition) is 4. The lowest BCUT2D eigenvalue weighted by molar-refractivity contribution is -0.137. The van der Waals surface area contributed by atoms with E-state index in [1.807, 2.05) is 4.90 Å². The van der Waals surface area contributed by atoms with Gasteiger partial charge >= 0.3 is 0 Å². The Morgan fingerprint density at radius 1 is 1.32 bits per heavy atom. The van der Waals surface area contributed by atoms with Gasteiger partial charge in [0.05, 0.1) is 12.5 Å². The van der Waals surface area contributed by atoms with Crippen LogP contribution in [0.4, 0.5) is 0 Å². The van der Waals surface area contributed by atoms with Crippen LogP contribution in [0.3, 0.4) is 0 Å². The molecule has 1 aliphatic rings. The highest BCUT2D eigenvalue weighted by Gasteiger charge is 2.27. The minimum absolute atomic E-state index is 0.0402. The molecule has 0 saturated carbocycles. The Kier molecular flexibility index (Phi) is 9.08. The largest absolute Gasteiger partial charge is 0.380 e. The van der Waals surface area contributed by atoms with Gasteiger partial charge in [-0.2, -0.15) is 0 Å². The molecule has 0 radical (unpaired) electrons. The van der Waals surface area contributed by atoms with E-state index in [-0.39, 0.29) is 23.8 Å². The number of carbonyl (C=O) groups is 2. The van der Waals surface area contributed by atoms with E-state index in [1.54, 1.807) is 7.11 Å². The topological polar surface area (TPSA) is 84.7 Å². The molecule has 2 amide bonds. The van der Waals surface area contributed by atoms with Gasteiger partial charge in [-0.15, -0.1) is 0 Å². The van der Waals surface area contributed by atoms with E-state index < -0.39 is 0 Å². The number of likely N-dealkylation sites (tertiary alicyclic amines) is 1. The summed E-state index contributed by atoms with van der Waals surface area (Å²) in [5.41, 5.74) is 5.54. The molecule has 1 aliphatic heterocycles. The molecule has 1 atom stereocenters. The van der Waals surface area contributed by atoms with Crippen LogP contribution in [0.2, 0.25) is 0 Å². The van der Waals surface area contributed by atoms with Gasteiger partial charge in [0.2, 0.25) is 11.8 Å². The van der Waals surface area contributed by atoms with Gasteiger partial charge in [0.25, 0.3) is 0 Å². The highest BCUT2D eigenvalue weighted by molar-refractivity contribution is 5.80. The van der Waals surface area contributed by atoms with Crippen molar-refractivity contribution in [3.05, 3.63) is 0 Å². The standard InChI is InChI=1S/C16H31N3O3/c1-3-4-5-8-18-16(21)13-6-9-19(10-7-13)15(20)11-14(12-17)22-2/h13-14H,3-12,17H2,1-2H3,(H,18,21). The van der Waals surface area contributed by atoms with Crippen LogP contribution in [0.1, 0.15) is 45.4 Å². The third kappa shape index (κ3) is 6.32. The van der Waals surface area contributed by atoms with Crippen LogP contribution in [-0.4, -0.2) is 56.1 Å². The summed E-state index contributed by atoms with van der Waals surface area (Å²) in [4.78, 5) is 26.0. The van der Waals surface area contributed by atoms with Crippen molar-refractivity contribution < 1.29 is 14.3 Å². The molecule has 1 unspecified atom stereocenters. The van der Waals surface area contributed by atoms with Gasteiger partial charge in [-0.05, 0) is 19.3 Å². The van der Waals surface area contributed by atoms with Crippen molar-refractivity contribution in [3.8, 4) is 0 Å². The van der Waals surface area contributed by atoms with Crippen molar-refractivity contribution in [3.63, 3.8) is 0 Å². The summed E-state index contributed by atoms with van der Waals surface area (Å²) in [6.45, 7) is 4.55. The first kappa shape index (κ1) is 18.9. The third-order valence-electron chi connectivity index (χ3n) is 4.30. The Morgan fingerprint density at radius 3 is 2.55 bits per heavy atom. The van der Waals surface area contributed by atoms with Crippen LogP contribution >= 0.6 is 0 Å². The zero-order chi connectivity index (χ0) is 16.4. The van der Waals surface area contributed by atoms with Crippen molar-refractivity contribution >= 4 is 11.8 Å². The molecule has 0 aromatic rings. The number of rotatable bonds is 9. The lowest BCUT2D eigenvalue weighted by atomic mass is 9.95. The highest BCUT2D eigenvalue weighted by Crippen LogP contribution is 2.18. The Bertz CT molecular complexity index is 338. The maximum atomic E-state index is 12.1. The average molecular weight is 313 g/mol. The number of methoxy groups -OCH3 is 1. The second kappa shape index (κ2) is 10.6. The minimum Gasteiger partial charge on any atom is -0.380 e. The Morgan fingerprint density at radius 2 is 2.00 bits per heavy atom. The lowest BCUT2D eigenvalue weighted by Gasteiger charge is -2.32. The summed E-state index contributed by atoms with van der Waals surface area (Å²) in [5.74, 6) is 0.248. The van der Waals surface area contributed by atoms with Crippen molar-refractivity contribution in [2.24, 2.45) is 11.7 Å². The first-order valence-corrected chi connectivity index (χ1v) is 8.40. The van der Waals surface area contributed by atoms with Gasteiger partial charge in [-0.1, -0.05) is 19.8 Å². The molecule has 0 aromatic carbocycles. The number of nitrogens with zero attached hydrogens (tertiary/aromatic N) is 1. The normalized spacial score (nSPS) is 17.3. The van der Waals surface area contributed by atoms with Crippen molar-refractivity contribution in [1.29, 1.82) is 0 Å². The predicted molar refractivity (Wildman–Crippen MR) is 86.3 cm³/mol. The van der Waals surface area contributed by atoms with Gasteiger partial charge in [0.15, 0.2) is 0 Å². The van der Waals surface area contributed by atoms with E-state index in [9.17, 15) is 9.59 Å². The number of piperidine rings is 1. The van der Waals surface area contributed by atoms with Crippen molar-refractivity contribution in [2.75, 3.05) is 33.3 Å². The van der Waals surface area contributed by atoms with E-state index in [1.165, 1.54) is 0 Å². The lowest BCUT2D eigenvalue weighted by Crippen LogP contribution is -2.44. The van der Waals surface area contributed by atoms with Crippen LogP contribution in [0.5, 0.6) is 0 Å². The quantitative estimate of drug-likeness (QED) is 0.619. The zero-order valence-electron chi connectivity index (χ0n) is 14.0. The molecule has 0 bridgehead atoms. The molecular weight excluding hydrogens is 282 g/mol. The van der Waals surface area contributed by atoms with E-state index in [0.29, 0.717) is 26.1 Å². The SMILES string of the molecule is CCCCCNC(=O)C1CCN(C(=O)CC(CN)OC)CC1. The van der Waals surface area contributed by atoms with Gasteiger partial charge in [0, 0.05) is 39.2 Å². The number of carbonyl (C=O) groups excluding carboxylic acids is 2. The molecule has 128 valence electrons. The summed E-state index contributed by atoms with van der Waals surface area (Å²) < 4.78 is 5.15. The number of amides is 2. The van der Waals surface area contributed by atoms with Crippen LogP contribution < -0.4 is 11.1 Å². The highest BCUT2D eigenvalue weighted by atomic mass is 16.5. The van der Waals surface area contributed by atoms with E-state index in [0.717, 1.165) is 38.6 Å². The van der Waals surface area contributed by atoms with Crippen LogP contribution in [0, 0.1) is 5.92 Å². The van der Waals surface area contributed by atoms with Gasteiger partial charge in [-0.25, -0.2) is 0 Å². The number of nitrogens with one attached hydrogen (secondary N) is 1. The van der Waals surface area contributed by atoms with Gasteiger partial charge in [-0.3, -0.25) is 9.59 Å². The summed E-state index contributed by atoms with van der Waals surface area (Å²) in [5, 5.41) is 3.00. The minimum atomic E-state index is -0.216. The second-order valence-corrected chi connectivity index (χ2v) is 5.95. The number of ether oxygens (including phenoxy) is 1. The zero-order valence-corrected chi connectivity index (χ0v) is 14.0.